The van der Waals surface area contributed by atoms with E-state index < -0.39 is 11.6 Å². The summed E-state index contributed by atoms with van der Waals surface area (Å²) in [5.74, 6) is -1.22. The summed E-state index contributed by atoms with van der Waals surface area (Å²) < 4.78 is 27.3. The van der Waals surface area contributed by atoms with Crippen LogP contribution < -0.4 is 10.2 Å². The van der Waals surface area contributed by atoms with Gasteiger partial charge in [0.25, 0.3) is 5.91 Å². The number of carbonyl (C=O) groups excluding carboxylic acids is 2. The number of hydrogen-bond acceptors (Lipinski definition) is 3. The molecule has 2 amide bonds. The van der Waals surface area contributed by atoms with E-state index in [9.17, 15) is 18.4 Å². The van der Waals surface area contributed by atoms with Crippen LogP contribution in [0.2, 0.25) is 0 Å². The van der Waals surface area contributed by atoms with Crippen molar-refractivity contribution in [2.45, 2.75) is 6.42 Å². The quantitative estimate of drug-likeness (QED) is 0.898. The van der Waals surface area contributed by atoms with Gasteiger partial charge >= 0.3 is 0 Å². The fraction of sp³-hybridized carbons (Fsp3) is 0.263. The van der Waals surface area contributed by atoms with Crippen molar-refractivity contribution in [2.75, 3.05) is 36.4 Å². The summed E-state index contributed by atoms with van der Waals surface area (Å²) in [6, 6.07) is 8.62. The third kappa shape index (κ3) is 2.89. The molecular formula is C19H17F2N3O2. The van der Waals surface area contributed by atoms with Gasteiger partial charge in [-0.25, -0.2) is 8.78 Å². The molecule has 1 saturated heterocycles. The first kappa shape index (κ1) is 16.5. The minimum absolute atomic E-state index is 0.119. The van der Waals surface area contributed by atoms with Gasteiger partial charge in [0.1, 0.15) is 11.6 Å². The van der Waals surface area contributed by atoms with Gasteiger partial charge in [0, 0.05) is 43.5 Å². The Kier molecular flexibility index (Phi) is 4.06. The Balaban J connectivity index is 1.49. The zero-order chi connectivity index (χ0) is 18.3. The van der Waals surface area contributed by atoms with Crippen LogP contribution in [0.15, 0.2) is 36.4 Å². The largest absolute Gasteiger partial charge is 0.366 e. The van der Waals surface area contributed by atoms with Crippen molar-refractivity contribution in [3.63, 3.8) is 0 Å². The molecule has 0 saturated carbocycles. The van der Waals surface area contributed by atoms with Gasteiger partial charge in [0.15, 0.2) is 0 Å². The number of benzene rings is 2. The Hall–Kier alpha value is -2.96. The van der Waals surface area contributed by atoms with E-state index in [1.54, 1.807) is 28.0 Å². The van der Waals surface area contributed by atoms with Crippen molar-refractivity contribution < 1.29 is 18.4 Å². The average molecular weight is 357 g/mol. The molecule has 2 aromatic rings. The summed E-state index contributed by atoms with van der Waals surface area (Å²) in [7, 11) is 0. The molecule has 0 bridgehead atoms. The summed E-state index contributed by atoms with van der Waals surface area (Å²) in [6.07, 6.45) is 0.200. The maximum absolute atomic E-state index is 13.9. The number of carbonyl (C=O) groups is 2. The summed E-state index contributed by atoms with van der Waals surface area (Å²) >= 11 is 0. The molecule has 2 aliphatic heterocycles. The fourth-order valence-corrected chi connectivity index (χ4v) is 3.50. The average Bonchev–Trinajstić information content (AvgIpc) is 3.03. The normalized spacial score (nSPS) is 16.5. The topological polar surface area (TPSA) is 52.7 Å². The zero-order valence-corrected chi connectivity index (χ0v) is 14.0. The van der Waals surface area contributed by atoms with Crippen molar-refractivity contribution in [3.8, 4) is 0 Å². The molecule has 1 fully saturated rings. The van der Waals surface area contributed by atoms with Crippen molar-refractivity contribution in [2.24, 2.45) is 0 Å². The Morgan fingerprint density at radius 1 is 1.04 bits per heavy atom. The van der Waals surface area contributed by atoms with Crippen molar-refractivity contribution in [1.29, 1.82) is 0 Å². The van der Waals surface area contributed by atoms with Crippen LogP contribution in [-0.4, -0.2) is 42.9 Å². The van der Waals surface area contributed by atoms with E-state index in [0.717, 1.165) is 17.7 Å². The van der Waals surface area contributed by atoms with Crippen LogP contribution in [0, 0.1) is 11.6 Å². The molecule has 1 N–H and O–H groups in total. The van der Waals surface area contributed by atoms with E-state index in [1.807, 2.05) is 0 Å². The molecule has 4 rings (SSSR count). The van der Waals surface area contributed by atoms with Crippen molar-refractivity contribution in [1.82, 2.24) is 4.90 Å². The second-order valence-electron chi connectivity index (χ2n) is 6.43. The maximum atomic E-state index is 13.9. The molecule has 26 heavy (non-hydrogen) atoms. The Morgan fingerprint density at radius 3 is 2.58 bits per heavy atom. The van der Waals surface area contributed by atoms with Crippen molar-refractivity contribution >= 4 is 23.2 Å². The van der Waals surface area contributed by atoms with Gasteiger partial charge in [-0.15, -0.1) is 0 Å². The van der Waals surface area contributed by atoms with Crippen LogP contribution in [0.1, 0.15) is 15.9 Å². The number of piperazine rings is 1. The predicted molar refractivity (Wildman–Crippen MR) is 93.3 cm³/mol. The van der Waals surface area contributed by atoms with Gasteiger partial charge in [0.2, 0.25) is 5.91 Å². The second-order valence-corrected chi connectivity index (χ2v) is 6.43. The van der Waals surface area contributed by atoms with Gasteiger partial charge in [-0.3, -0.25) is 9.59 Å². The third-order valence-electron chi connectivity index (χ3n) is 4.83. The molecule has 134 valence electrons. The highest BCUT2D eigenvalue weighted by Gasteiger charge is 2.28. The van der Waals surface area contributed by atoms with E-state index in [1.165, 1.54) is 6.07 Å². The molecule has 5 nitrogen and oxygen atoms in total. The monoisotopic (exact) mass is 357 g/mol. The molecule has 7 heteroatoms. The van der Waals surface area contributed by atoms with Crippen LogP contribution in [0.4, 0.5) is 20.2 Å². The Morgan fingerprint density at radius 2 is 1.81 bits per heavy atom. The molecule has 0 aliphatic carbocycles. The lowest BCUT2D eigenvalue weighted by atomic mass is 10.0. The van der Waals surface area contributed by atoms with Gasteiger partial charge in [-0.2, -0.15) is 0 Å². The minimum atomic E-state index is -0.489. The molecule has 2 aliphatic rings. The lowest BCUT2D eigenvalue weighted by molar-refractivity contribution is -0.115. The summed E-state index contributed by atoms with van der Waals surface area (Å²) in [6.45, 7) is 1.64. The Labute approximate surface area is 149 Å². The molecule has 0 unspecified atom stereocenters. The first-order valence-corrected chi connectivity index (χ1v) is 8.44. The highest BCUT2D eigenvalue weighted by Crippen LogP contribution is 2.28. The standard InChI is InChI=1S/C19H17F2N3O2/c20-12-4-5-15(21)17(10-12)23-6-8-24(9-7-23)19(26)13-2-1-3-16-14(13)11-18(25)22-16/h1-5,10H,6-9,11H2,(H,22,25). The number of halogens is 2. The molecular weight excluding hydrogens is 340 g/mol. The maximum Gasteiger partial charge on any atom is 0.254 e. The van der Waals surface area contributed by atoms with Crippen LogP contribution >= 0.6 is 0 Å². The number of amides is 2. The zero-order valence-electron chi connectivity index (χ0n) is 14.0. The minimum Gasteiger partial charge on any atom is -0.366 e. The molecule has 2 heterocycles. The van der Waals surface area contributed by atoms with E-state index in [0.29, 0.717) is 37.4 Å². The number of nitrogens with zero attached hydrogens (tertiary/aromatic N) is 2. The summed E-state index contributed by atoms with van der Waals surface area (Å²) in [4.78, 5) is 27.9. The summed E-state index contributed by atoms with van der Waals surface area (Å²) in [5.41, 5.74) is 2.14. The van der Waals surface area contributed by atoms with E-state index in [2.05, 4.69) is 5.32 Å². The first-order chi connectivity index (χ1) is 12.5. The van der Waals surface area contributed by atoms with Crippen molar-refractivity contribution in [3.05, 3.63) is 59.2 Å². The molecule has 0 atom stereocenters. The molecule has 2 aromatic carbocycles. The molecule has 0 aromatic heterocycles. The number of fused-ring (bicyclic) bond motifs is 1. The van der Waals surface area contributed by atoms with Gasteiger partial charge < -0.3 is 15.1 Å². The lowest BCUT2D eigenvalue weighted by Gasteiger charge is -2.36. The highest BCUT2D eigenvalue weighted by atomic mass is 19.1. The molecule has 0 spiro atoms. The number of hydrogen-bond donors (Lipinski definition) is 1. The molecule has 0 radical (unpaired) electrons. The lowest BCUT2D eigenvalue weighted by Crippen LogP contribution is -2.49. The Bertz CT molecular complexity index is 892. The van der Waals surface area contributed by atoms with Gasteiger partial charge in [0.05, 0.1) is 12.1 Å². The SMILES string of the molecule is O=C1Cc2c(cccc2C(=O)N2CCN(c3cc(F)ccc3F)CC2)N1. The van der Waals surface area contributed by atoms with Gasteiger partial charge in [-0.05, 0) is 29.8 Å². The van der Waals surface area contributed by atoms with Crippen LogP contribution in [0.25, 0.3) is 0 Å². The smallest absolute Gasteiger partial charge is 0.254 e. The third-order valence-corrected chi connectivity index (χ3v) is 4.83. The van der Waals surface area contributed by atoms with Crippen LogP contribution in [0.5, 0.6) is 0 Å². The number of nitrogens with one attached hydrogen (secondary N) is 1. The first-order valence-electron chi connectivity index (χ1n) is 8.44. The highest BCUT2D eigenvalue weighted by molar-refractivity contribution is 6.05. The van der Waals surface area contributed by atoms with E-state index in [4.69, 9.17) is 0 Å². The van der Waals surface area contributed by atoms with Crippen LogP contribution in [-0.2, 0) is 11.2 Å². The predicted octanol–water partition coefficient (Wildman–Crippen LogP) is 2.42. The number of rotatable bonds is 2. The van der Waals surface area contributed by atoms with E-state index >= 15 is 0 Å². The summed E-state index contributed by atoms with van der Waals surface area (Å²) in [5, 5.41) is 2.74. The van der Waals surface area contributed by atoms with Crippen LogP contribution in [0.3, 0.4) is 0 Å². The second kappa shape index (κ2) is 6.40. The van der Waals surface area contributed by atoms with Gasteiger partial charge in [-0.1, -0.05) is 6.07 Å². The fourth-order valence-electron chi connectivity index (χ4n) is 3.50. The van der Waals surface area contributed by atoms with E-state index in [-0.39, 0.29) is 23.9 Å². The number of anilines is 2.